The van der Waals surface area contributed by atoms with Gasteiger partial charge in [0.15, 0.2) is 0 Å². The Hall–Kier alpha value is -0.0800. The number of hydrogen-bond acceptors (Lipinski definition) is 2. The summed E-state index contributed by atoms with van der Waals surface area (Å²) < 4.78 is 5.96. The van der Waals surface area contributed by atoms with E-state index in [9.17, 15) is 0 Å². The highest BCUT2D eigenvalue weighted by molar-refractivity contribution is 4.97. The first kappa shape index (κ1) is 12.4. The molecule has 2 heteroatoms. The third kappa shape index (κ3) is 2.60. The average molecular weight is 225 g/mol. The highest BCUT2D eigenvalue weighted by Gasteiger charge is 2.42. The lowest BCUT2D eigenvalue weighted by Gasteiger charge is -2.48. The SMILES string of the molecule is CC(NC1CCOC2(CCC2)C1)C(C)(C)C. The van der Waals surface area contributed by atoms with Crippen LogP contribution < -0.4 is 5.32 Å². The van der Waals surface area contributed by atoms with Crippen molar-refractivity contribution in [3.05, 3.63) is 0 Å². The Morgan fingerprint density at radius 1 is 1.31 bits per heavy atom. The highest BCUT2D eigenvalue weighted by Crippen LogP contribution is 2.42. The van der Waals surface area contributed by atoms with Gasteiger partial charge in [-0.2, -0.15) is 0 Å². The zero-order chi connectivity index (χ0) is 11.8. The molecule has 2 fully saturated rings. The van der Waals surface area contributed by atoms with E-state index >= 15 is 0 Å². The largest absolute Gasteiger partial charge is 0.375 e. The van der Waals surface area contributed by atoms with Gasteiger partial charge in [0.1, 0.15) is 0 Å². The Bertz CT molecular complexity index is 240. The standard InChI is InChI=1S/C14H27NO/c1-11(13(2,3)4)15-12-6-9-16-14(10-12)7-5-8-14/h11-12,15H,5-10H2,1-4H3. The quantitative estimate of drug-likeness (QED) is 0.779. The Balaban J connectivity index is 1.86. The molecule has 0 aromatic carbocycles. The van der Waals surface area contributed by atoms with E-state index in [-0.39, 0.29) is 5.60 Å². The normalized spacial score (nSPS) is 31.1. The van der Waals surface area contributed by atoms with Crippen LogP contribution in [0.15, 0.2) is 0 Å². The molecule has 0 radical (unpaired) electrons. The van der Waals surface area contributed by atoms with Gasteiger partial charge in [-0.1, -0.05) is 20.8 Å². The Labute approximate surface area is 100 Å². The van der Waals surface area contributed by atoms with Crippen molar-refractivity contribution in [3.63, 3.8) is 0 Å². The second-order valence-corrected chi connectivity index (χ2v) is 6.83. The van der Waals surface area contributed by atoms with Crippen molar-refractivity contribution in [3.8, 4) is 0 Å². The lowest BCUT2D eigenvalue weighted by molar-refractivity contribution is -0.137. The molecule has 2 atom stereocenters. The van der Waals surface area contributed by atoms with E-state index in [1.807, 2.05) is 0 Å². The maximum absolute atomic E-state index is 5.96. The van der Waals surface area contributed by atoms with Crippen LogP contribution in [-0.4, -0.2) is 24.3 Å². The van der Waals surface area contributed by atoms with Gasteiger partial charge in [0, 0.05) is 18.7 Å². The molecule has 0 aromatic rings. The molecule has 16 heavy (non-hydrogen) atoms. The molecule has 1 aliphatic heterocycles. The predicted octanol–water partition coefficient (Wildman–Crippen LogP) is 3.11. The summed E-state index contributed by atoms with van der Waals surface area (Å²) in [5.41, 5.74) is 0.624. The molecule has 94 valence electrons. The molecule has 2 nitrogen and oxygen atoms in total. The van der Waals surface area contributed by atoms with Crippen molar-refractivity contribution in [1.29, 1.82) is 0 Å². The number of rotatable bonds is 2. The van der Waals surface area contributed by atoms with Crippen molar-refractivity contribution >= 4 is 0 Å². The first-order chi connectivity index (χ1) is 7.41. The van der Waals surface area contributed by atoms with Crippen LogP contribution in [0.4, 0.5) is 0 Å². The minimum absolute atomic E-state index is 0.271. The first-order valence-electron chi connectivity index (χ1n) is 6.81. The van der Waals surface area contributed by atoms with Gasteiger partial charge in [-0.15, -0.1) is 0 Å². The first-order valence-corrected chi connectivity index (χ1v) is 6.81. The minimum Gasteiger partial charge on any atom is -0.375 e. The van der Waals surface area contributed by atoms with Crippen LogP contribution in [0.1, 0.15) is 59.8 Å². The molecule has 0 amide bonds. The third-order valence-corrected chi connectivity index (χ3v) is 4.54. The number of nitrogens with one attached hydrogen (secondary N) is 1. The van der Waals surface area contributed by atoms with Crippen molar-refractivity contribution in [2.24, 2.45) is 5.41 Å². The molecule has 1 spiro atoms. The summed E-state index contributed by atoms with van der Waals surface area (Å²) in [7, 11) is 0. The highest BCUT2D eigenvalue weighted by atomic mass is 16.5. The van der Waals surface area contributed by atoms with Crippen LogP contribution >= 0.6 is 0 Å². The molecule has 1 saturated heterocycles. The van der Waals surface area contributed by atoms with Crippen molar-refractivity contribution in [1.82, 2.24) is 5.32 Å². The van der Waals surface area contributed by atoms with E-state index in [0.29, 0.717) is 17.5 Å². The van der Waals surface area contributed by atoms with Gasteiger partial charge in [0.25, 0.3) is 0 Å². The average Bonchev–Trinajstić information content (AvgIpc) is 2.14. The maximum atomic E-state index is 5.96. The molecule has 1 aliphatic carbocycles. The van der Waals surface area contributed by atoms with Gasteiger partial charge in [-0.05, 0) is 44.4 Å². The number of hydrogen-bond donors (Lipinski definition) is 1. The molecule has 1 saturated carbocycles. The summed E-state index contributed by atoms with van der Waals surface area (Å²) in [4.78, 5) is 0. The topological polar surface area (TPSA) is 21.3 Å². The van der Waals surface area contributed by atoms with E-state index in [0.717, 1.165) is 6.61 Å². The monoisotopic (exact) mass is 225 g/mol. The van der Waals surface area contributed by atoms with Crippen molar-refractivity contribution in [2.75, 3.05) is 6.61 Å². The fraction of sp³-hybridized carbons (Fsp3) is 1.00. The van der Waals surface area contributed by atoms with Crippen LogP contribution in [0.2, 0.25) is 0 Å². The molecular weight excluding hydrogens is 198 g/mol. The van der Waals surface area contributed by atoms with Crippen molar-refractivity contribution < 1.29 is 4.74 Å². The summed E-state index contributed by atoms with van der Waals surface area (Å²) in [6, 6.07) is 1.25. The molecule has 1 heterocycles. The van der Waals surface area contributed by atoms with Crippen LogP contribution in [0.25, 0.3) is 0 Å². The molecular formula is C14H27NO. The Morgan fingerprint density at radius 2 is 2.00 bits per heavy atom. The maximum Gasteiger partial charge on any atom is 0.0697 e. The zero-order valence-electron chi connectivity index (χ0n) is 11.3. The van der Waals surface area contributed by atoms with Gasteiger partial charge in [0.05, 0.1) is 5.60 Å². The Morgan fingerprint density at radius 3 is 2.50 bits per heavy atom. The lowest BCUT2D eigenvalue weighted by atomic mass is 9.73. The lowest BCUT2D eigenvalue weighted by Crippen LogP contribution is -2.54. The van der Waals surface area contributed by atoms with E-state index in [1.54, 1.807) is 0 Å². The van der Waals surface area contributed by atoms with E-state index in [1.165, 1.54) is 32.1 Å². The molecule has 0 bridgehead atoms. The van der Waals surface area contributed by atoms with Gasteiger partial charge < -0.3 is 10.1 Å². The fourth-order valence-electron chi connectivity index (χ4n) is 2.69. The molecule has 1 N–H and O–H groups in total. The summed E-state index contributed by atoms with van der Waals surface area (Å²) in [6.45, 7) is 10.2. The Kier molecular flexibility index (Phi) is 3.33. The summed E-state index contributed by atoms with van der Waals surface area (Å²) in [6.07, 6.45) is 6.35. The third-order valence-electron chi connectivity index (χ3n) is 4.54. The summed E-state index contributed by atoms with van der Waals surface area (Å²) in [5, 5.41) is 3.80. The minimum atomic E-state index is 0.271. The molecule has 2 rings (SSSR count). The smallest absolute Gasteiger partial charge is 0.0697 e. The van der Waals surface area contributed by atoms with Gasteiger partial charge >= 0.3 is 0 Å². The second-order valence-electron chi connectivity index (χ2n) is 6.83. The van der Waals surface area contributed by atoms with Crippen LogP contribution in [0.5, 0.6) is 0 Å². The van der Waals surface area contributed by atoms with E-state index in [4.69, 9.17) is 4.74 Å². The fourth-order valence-corrected chi connectivity index (χ4v) is 2.69. The number of ether oxygens (including phenoxy) is 1. The predicted molar refractivity (Wildman–Crippen MR) is 67.6 cm³/mol. The molecule has 2 aliphatic rings. The van der Waals surface area contributed by atoms with Crippen molar-refractivity contribution in [2.45, 2.75) is 77.5 Å². The van der Waals surface area contributed by atoms with E-state index in [2.05, 4.69) is 33.0 Å². The summed E-state index contributed by atoms with van der Waals surface area (Å²) in [5.74, 6) is 0. The zero-order valence-corrected chi connectivity index (χ0v) is 11.3. The molecule has 2 unspecified atom stereocenters. The van der Waals surface area contributed by atoms with Crippen LogP contribution in [0, 0.1) is 5.41 Å². The van der Waals surface area contributed by atoms with Gasteiger partial charge in [-0.3, -0.25) is 0 Å². The molecule has 0 aromatic heterocycles. The van der Waals surface area contributed by atoms with Gasteiger partial charge in [0.2, 0.25) is 0 Å². The van der Waals surface area contributed by atoms with E-state index < -0.39 is 0 Å². The second kappa shape index (κ2) is 4.30. The summed E-state index contributed by atoms with van der Waals surface area (Å²) >= 11 is 0. The van der Waals surface area contributed by atoms with Crippen LogP contribution in [-0.2, 0) is 4.74 Å². The van der Waals surface area contributed by atoms with Crippen LogP contribution in [0.3, 0.4) is 0 Å². The van der Waals surface area contributed by atoms with Gasteiger partial charge in [-0.25, -0.2) is 0 Å².